The molecule has 0 heterocycles. The molecular formula is C9H19N5O2. The molecule has 0 aromatic carbocycles. The topological polar surface area (TPSA) is 113 Å². The van der Waals surface area contributed by atoms with Crippen LogP contribution in [-0.2, 0) is 9.53 Å². The Kier molecular flexibility index (Phi) is 6.48. The maximum absolute atomic E-state index is 11.2. The van der Waals surface area contributed by atoms with Crippen molar-refractivity contribution in [2.45, 2.75) is 31.9 Å². The normalized spacial score (nSPS) is 12.9. The van der Waals surface area contributed by atoms with E-state index in [2.05, 4.69) is 15.3 Å². The Balaban J connectivity index is 4.18. The van der Waals surface area contributed by atoms with Crippen LogP contribution in [0.4, 0.5) is 0 Å². The van der Waals surface area contributed by atoms with Crippen LogP contribution in [0.15, 0.2) is 5.11 Å². The monoisotopic (exact) mass is 229 g/mol. The molecule has 7 nitrogen and oxygen atoms in total. The molecule has 0 aliphatic heterocycles. The summed E-state index contributed by atoms with van der Waals surface area (Å²) in [6.45, 7) is 4.45. The Morgan fingerprint density at radius 1 is 1.69 bits per heavy atom. The zero-order chi connectivity index (χ0) is 12.6. The first-order valence-corrected chi connectivity index (χ1v) is 5.01. The molecule has 0 saturated carbocycles. The van der Waals surface area contributed by atoms with Crippen LogP contribution < -0.4 is 11.1 Å². The van der Waals surface area contributed by atoms with Crippen molar-refractivity contribution in [2.24, 2.45) is 10.8 Å². The van der Waals surface area contributed by atoms with Gasteiger partial charge in [-0.05, 0) is 19.4 Å². The number of nitrogens with zero attached hydrogens (tertiary/aromatic N) is 3. The molecule has 0 aliphatic rings. The van der Waals surface area contributed by atoms with Gasteiger partial charge < -0.3 is 15.8 Å². The Hall–Kier alpha value is -1.30. The largest absolute Gasteiger partial charge is 0.379 e. The van der Waals surface area contributed by atoms with Gasteiger partial charge in [-0.1, -0.05) is 5.11 Å². The van der Waals surface area contributed by atoms with E-state index in [1.165, 1.54) is 0 Å². The number of carbonyl (C=O) groups excluding carboxylic acids is 1. The third kappa shape index (κ3) is 6.23. The van der Waals surface area contributed by atoms with Gasteiger partial charge in [0, 0.05) is 31.5 Å². The second-order valence-electron chi connectivity index (χ2n) is 4.03. The van der Waals surface area contributed by atoms with Crippen molar-refractivity contribution in [1.29, 1.82) is 0 Å². The fourth-order valence-corrected chi connectivity index (χ4v) is 1.18. The lowest BCUT2D eigenvalue weighted by molar-refractivity contribution is -0.121. The molecule has 16 heavy (non-hydrogen) atoms. The molecular weight excluding hydrogens is 210 g/mol. The third-order valence-corrected chi connectivity index (χ3v) is 2.26. The molecule has 0 aromatic rings. The molecule has 0 radical (unpaired) electrons. The zero-order valence-electron chi connectivity index (χ0n) is 9.93. The summed E-state index contributed by atoms with van der Waals surface area (Å²) >= 11 is 0. The van der Waals surface area contributed by atoms with Crippen LogP contribution in [0.25, 0.3) is 10.4 Å². The van der Waals surface area contributed by atoms with E-state index >= 15 is 0 Å². The molecule has 1 atom stereocenters. The standard InChI is InChI=1S/C9H19N5O2/c1-9(2,16-3)6-7(8(10)15)12-4-5-13-14-11/h7,12H,4-6H2,1-3H3,(H2,10,15). The predicted molar refractivity (Wildman–Crippen MR) is 60.7 cm³/mol. The fourth-order valence-electron chi connectivity index (χ4n) is 1.18. The summed E-state index contributed by atoms with van der Waals surface area (Å²) in [5, 5.41) is 6.28. The summed E-state index contributed by atoms with van der Waals surface area (Å²) in [5.41, 5.74) is 12.9. The van der Waals surface area contributed by atoms with E-state index in [1.807, 2.05) is 13.8 Å². The van der Waals surface area contributed by atoms with Crippen molar-refractivity contribution < 1.29 is 9.53 Å². The smallest absolute Gasteiger partial charge is 0.234 e. The van der Waals surface area contributed by atoms with E-state index in [0.29, 0.717) is 13.0 Å². The predicted octanol–water partition coefficient (Wildman–Crippen LogP) is 0.555. The second kappa shape index (κ2) is 7.05. The lowest BCUT2D eigenvalue weighted by Crippen LogP contribution is -2.46. The number of amides is 1. The van der Waals surface area contributed by atoms with Gasteiger partial charge in [-0.25, -0.2) is 0 Å². The number of primary amides is 1. The number of methoxy groups -OCH3 is 1. The molecule has 1 amide bonds. The van der Waals surface area contributed by atoms with E-state index in [9.17, 15) is 4.79 Å². The number of rotatable bonds is 8. The Bertz CT molecular complexity index is 273. The maximum atomic E-state index is 11.2. The number of carbonyl (C=O) groups is 1. The highest BCUT2D eigenvalue weighted by Crippen LogP contribution is 2.15. The van der Waals surface area contributed by atoms with Gasteiger partial charge in [-0.2, -0.15) is 0 Å². The molecule has 7 heteroatoms. The average Bonchev–Trinajstić information content (AvgIpc) is 2.22. The summed E-state index contributed by atoms with van der Waals surface area (Å²) in [6.07, 6.45) is 0.467. The van der Waals surface area contributed by atoms with E-state index in [-0.39, 0.29) is 6.54 Å². The lowest BCUT2D eigenvalue weighted by atomic mass is 9.98. The van der Waals surface area contributed by atoms with Gasteiger partial charge in [0.05, 0.1) is 11.6 Å². The Morgan fingerprint density at radius 2 is 2.31 bits per heavy atom. The molecule has 0 bridgehead atoms. The highest BCUT2D eigenvalue weighted by Gasteiger charge is 2.25. The molecule has 0 spiro atoms. The summed E-state index contributed by atoms with van der Waals surface area (Å²) in [4.78, 5) is 13.8. The van der Waals surface area contributed by atoms with Crippen LogP contribution in [-0.4, -0.2) is 37.7 Å². The number of hydrogen-bond donors (Lipinski definition) is 2. The number of nitrogens with one attached hydrogen (secondary N) is 1. The molecule has 0 aromatic heterocycles. The molecule has 0 fully saturated rings. The van der Waals surface area contributed by atoms with Gasteiger partial charge >= 0.3 is 0 Å². The number of nitrogens with two attached hydrogens (primary N) is 1. The van der Waals surface area contributed by atoms with Crippen LogP contribution >= 0.6 is 0 Å². The quantitative estimate of drug-likeness (QED) is 0.274. The first kappa shape index (κ1) is 14.7. The van der Waals surface area contributed by atoms with Gasteiger partial charge in [-0.3, -0.25) is 4.79 Å². The van der Waals surface area contributed by atoms with Crippen LogP contribution in [0, 0.1) is 0 Å². The van der Waals surface area contributed by atoms with Crippen LogP contribution in [0.3, 0.4) is 0 Å². The van der Waals surface area contributed by atoms with Crippen LogP contribution in [0.2, 0.25) is 0 Å². The third-order valence-electron chi connectivity index (χ3n) is 2.26. The summed E-state index contributed by atoms with van der Waals surface area (Å²) in [5.74, 6) is -0.439. The lowest BCUT2D eigenvalue weighted by Gasteiger charge is -2.27. The number of hydrogen-bond acceptors (Lipinski definition) is 4. The summed E-state index contributed by atoms with van der Waals surface area (Å²) in [6, 6.07) is -0.483. The zero-order valence-corrected chi connectivity index (χ0v) is 9.93. The molecule has 0 saturated heterocycles. The fraction of sp³-hybridized carbons (Fsp3) is 0.889. The van der Waals surface area contributed by atoms with E-state index < -0.39 is 17.6 Å². The van der Waals surface area contributed by atoms with Crippen LogP contribution in [0.5, 0.6) is 0 Å². The number of ether oxygens (including phenoxy) is 1. The second-order valence-corrected chi connectivity index (χ2v) is 4.03. The van der Waals surface area contributed by atoms with Gasteiger partial charge in [0.2, 0.25) is 5.91 Å². The number of azide groups is 1. The maximum Gasteiger partial charge on any atom is 0.234 e. The summed E-state index contributed by atoms with van der Waals surface area (Å²) in [7, 11) is 1.58. The van der Waals surface area contributed by atoms with Crippen molar-refractivity contribution in [3.63, 3.8) is 0 Å². The highest BCUT2D eigenvalue weighted by atomic mass is 16.5. The SMILES string of the molecule is COC(C)(C)CC(NCCN=[N+]=[N-])C(N)=O. The average molecular weight is 229 g/mol. The first-order valence-electron chi connectivity index (χ1n) is 5.01. The summed E-state index contributed by atoms with van der Waals surface area (Å²) < 4.78 is 5.22. The van der Waals surface area contributed by atoms with Crippen LogP contribution in [0.1, 0.15) is 20.3 Å². The molecule has 1 unspecified atom stereocenters. The molecule has 0 rings (SSSR count). The van der Waals surface area contributed by atoms with Crippen molar-refractivity contribution in [1.82, 2.24) is 5.32 Å². The van der Waals surface area contributed by atoms with Gasteiger partial charge in [-0.15, -0.1) is 0 Å². The van der Waals surface area contributed by atoms with E-state index in [4.69, 9.17) is 16.0 Å². The molecule has 92 valence electrons. The first-order chi connectivity index (χ1) is 7.43. The highest BCUT2D eigenvalue weighted by molar-refractivity contribution is 5.79. The van der Waals surface area contributed by atoms with Gasteiger partial charge in [0.25, 0.3) is 0 Å². The van der Waals surface area contributed by atoms with E-state index in [1.54, 1.807) is 7.11 Å². The van der Waals surface area contributed by atoms with E-state index in [0.717, 1.165) is 0 Å². The van der Waals surface area contributed by atoms with Crippen molar-refractivity contribution in [3.8, 4) is 0 Å². The van der Waals surface area contributed by atoms with Crippen molar-refractivity contribution in [3.05, 3.63) is 10.4 Å². The van der Waals surface area contributed by atoms with Gasteiger partial charge in [0.15, 0.2) is 0 Å². The Labute approximate surface area is 95.0 Å². The van der Waals surface area contributed by atoms with Crippen molar-refractivity contribution >= 4 is 5.91 Å². The molecule has 0 aliphatic carbocycles. The molecule has 3 N–H and O–H groups in total. The minimum atomic E-state index is -0.483. The van der Waals surface area contributed by atoms with Gasteiger partial charge in [0.1, 0.15) is 0 Å². The van der Waals surface area contributed by atoms with Crippen molar-refractivity contribution in [2.75, 3.05) is 20.2 Å². The Morgan fingerprint density at radius 3 is 2.75 bits per heavy atom. The minimum Gasteiger partial charge on any atom is -0.379 e. The minimum absolute atomic E-state index is 0.285.